The molecular weight excluding hydrogens is 340 g/mol. The van der Waals surface area contributed by atoms with Crippen LogP contribution in [-0.4, -0.2) is 23.0 Å². The summed E-state index contributed by atoms with van der Waals surface area (Å²) in [5, 5.41) is 9.83. The highest BCUT2D eigenvalue weighted by Gasteiger charge is 2.18. The van der Waals surface area contributed by atoms with Crippen LogP contribution >= 0.6 is 11.6 Å². The van der Waals surface area contributed by atoms with Crippen LogP contribution in [0.15, 0.2) is 48.5 Å². The van der Waals surface area contributed by atoms with Crippen LogP contribution in [0.1, 0.15) is 42.1 Å². The highest BCUT2D eigenvalue weighted by atomic mass is 35.5. The Morgan fingerprint density at radius 2 is 1.72 bits per heavy atom. The first-order valence-corrected chi connectivity index (χ1v) is 8.64. The average molecular weight is 361 g/mol. The van der Waals surface area contributed by atoms with Crippen LogP contribution in [0.2, 0.25) is 5.02 Å². The fourth-order valence-electron chi connectivity index (χ4n) is 2.40. The summed E-state index contributed by atoms with van der Waals surface area (Å²) in [5.74, 6) is -0.544. The Kier molecular flexibility index (Phi) is 7.02. The van der Waals surface area contributed by atoms with Gasteiger partial charge in [-0.15, -0.1) is 0 Å². The van der Waals surface area contributed by atoms with E-state index in [4.69, 9.17) is 16.3 Å². The Morgan fingerprint density at radius 3 is 2.28 bits per heavy atom. The van der Waals surface area contributed by atoms with Gasteiger partial charge in [-0.1, -0.05) is 37.1 Å². The van der Waals surface area contributed by atoms with Crippen molar-refractivity contribution < 1.29 is 19.4 Å². The summed E-state index contributed by atoms with van der Waals surface area (Å²) >= 11 is 5.84. The Labute approximate surface area is 152 Å². The van der Waals surface area contributed by atoms with E-state index in [2.05, 4.69) is 0 Å². The van der Waals surface area contributed by atoms with Crippen LogP contribution in [0, 0.1) is 0 Å². The van der Waals surface area contributed by atoms with Gasteiger partial charge in [-0.2, -0.15) is 0 Å². The summed E-state index contributed by atoms with van der Waals surface area (Å²) < 4.78 is 5.52. The molecule has 0 bridgehead atoms. The lowest BCUT2D eigenvalue weighted by Gasteiger charge is -2.15. The fraction of sp³-hybridized carbons (Fsp3) is 0.300. The predicted octanol–water partition coefficient (Wildman–Crippen LogP) is 4.79. The number of carbonyl (C=O) groups excluding carboxylic acids is 1. The molecule has 1 atom stereocenters. The minimum atomic E-state index is -0.976. The Bertz CT molecular complexity index is 707. The van der Waals surface area contributed by atoms with Crippen LogP contribution in [-0.2, 0) is 11.2 Å². The van der Waals surface area contributed by atoms with Crippen molar-refractivity contribution in [1.82, 2.24) is 0 Å². The van der Waals surface area contributed by atoms with Crippen molar-refractivity contribution in [2.45, 2.75) is 38.7 Å². The van der Waals surface area contributed by atoms with E-state index in [1.807, 2.05) is 19.1 Å². The second-order valence-corrected chi connectivity index (χ2v) is 6.27. The zero-order valence-electron chi connectivity index (χ0n) is 14.1. The van der Waals surface area contributed by atoms with Crippen LogP contribution in [0.4, 0.5) is 0 Å². The van der Waals surface area contributed by atoms with E-state index in [1.165, 1.54) is 0 Å². The second kappa shape index (κ2) is 9.23. The van der Waals surface area contributed by atoms with Gasteiger partial charge in [0, 0.05) is 17.0 Å². The van der Waals surface area contributed by atoms with Crippen molar-refractivity contribution in [3.63, 3.8) is 0 Å². The molecule has 0 saturated heterocycles. The number of ether oxygens (including phenoxy) is 1. The molecule has 0 spiro atoms. The van der Waals surface area contributed by atoms with Crippen LogP contribution in [0.25, 0.3) is 0 Å². The zero-order chi connectivity index (χ0) is 18.2. The summed E-state index contributed by atoms with van der Waals surface area (Å²) in [6.45, 7) is 2.00. The van der Waals surface area contributed by atoms with Crippen molar-refractivity contribution in [3.8, 4) is 5.75 Å². The van der Waals surface area contributed by atoms with Gasteiger partial charge in [0.05, 0.1) is 0 Å². The minimum Gasteiger partial charge on any atom is -0.479 e. The summed E-state index contributed by atoms with van der Waals surface area (Å²) in [7, 11) is 0. The Morgan fingerprint density at radius 1 is 1.08 bits per heavy atom. The molecule has 132 valence electrons. The molecule has 0 aromatic heterocycles. The number of benzene rings is 2. The normalized spacial score (nSPS) is 11.8. The van der Waals surface area contributed by atoms with Crippen molar-refractivity contribution in [3.05, 3.63) is 64.7 Å². The molecule has 0 radical (unpaired) electrons. The number of hydrogen-bond acceptors (Lipinski definition) is 3. The third-order valence-electron chi connectivity index (χ3n) is 3.83. The quantitative estimate of drug-likeness (QED) is 0.653. The lowest BCUT2D eigenvalue weighted by molar-refractivity contribution is -0.145. The SMILES string of the molecule is CCCCC(Oc1ccc(C(=O)Cc2ccc(Cl)cc2)cc1)C(=O)O. The van der Waals surface area contributed by atoms with Crippen LogP contribution in [0.3, 0.4) is 0 Å². The topological polar surface area (TPSA) is 63.6 Å². The zero-order valence-corrected chi connectivity index (χ0v) is 14.8. The van der Waals surface area contributed by atoms with Gasteiger partial charge in [0.2, 0.25) is 0 Å². The molecule has 1 N–H and O–H groups in total. The van der Waals surface area contributed by atoms with Gasteiger partial charge in [-0.25, -0.2) is 4.79 Å². The van der Waals surface area contributed by atoms with E-state index in [1.54, 1.807) is 36.4 Å². The number of carboxylic acids is 1. The molecular formula is C20H21ClO4. The largest absolute Gasteiger partial charge is 0.479 e. The number of aliphatic carboxylic acids is 1. The van der Waals surface area contributed by atoms with Gasteiger partial charge in [0.25, 0.3) is 0 Å². The molecule has 1 unspecified atom stereocenters. The van der Waals surface area contributed by atoms with E-state index < -0.39 is 12.1 Å². The molecule has 0 heterocycles. The Hall–Kier alpha value is -2.33. The van der Waals surface area contributed by atoms with Crippen molar-refractivity contribution in [1.29, 1.82) is 0 Å². The van der Waals surface area contributed by atoms with E-state index in [9.17, 15) is 14.7 Å². The molecule has 0 amide bonds. The third-order valence-corrected chi connectivity index (χ3v) is 4.08. The van der Waals surface area contributed by atoms with E-state index in [0.717, 1.165) is 18.4 Å². The summed E-state index contributed by atoms with van der Waals surface area (Å²) in [5.41, 5.74) is 1.45. The summed E-state index contributed by atoms with van der Waals surface area (Å²) in [6, 6.07) is 13.7. The minimum absolute atomic E-state index is 0.0189. The fourth-order valence-corrected chi connectivity index (χ4v) is 2.52. The molecule has 25 heavy (non-hydrogen) atoms. The number of hydrogen-bond donors (Lipinski definition) is 1. The highest BCUT2D eigenvalue weighted by Crippen LogP contribution is 2.18. The first kappa shape index (κ1) is 19.0. The van der Waals surface area contributed by atoms with Crippen molar-refractivity contribution in [2.75, 3.05) is 0 Å². The molecule has 2 aromatic rings. The van der Waals surface area contributed by atoms with E-state index in [0.29, 0.717) is 22.8 Å². The predicted molar refractivity (Wildman–Crippen MR) is 97.5 cm³/mol. The van der Waals surface area contributed by atoms with Gasteiger partial charge < -0.3 is 9.84 Å². The standard InChI is InChI=1S/C20H21ClO4/c1-2-3-4-19(20(23)24)25-17-11-7-15(8-12-17)18(22)13-14-5-9-16(21)10-6-14/h5-12,19H,2-4,13H2,1H3,(H,23,24). The molecule has 0 aliphatic rings. The smallest absolute Gasteiger partial charge is 0.344 e. The molecule has 5 heteroatoms. The average Bonchev–Trinajstić information content (AvgIpc) is 2.60. The maximum atomic E-state index is 12.3. The number of carboxylic acid groups (broad SMARTS) is 1. The molecule has 4 nitrogen and oxygen atoms in total. The van der Waals surface area contributed by atoms with Crippen molar-refractivity contribution in [2.24, 2.45) is 0 Å². The second-order valence-electron chi connectivity index (χ2n) is 5.84. The van der Waals surface area contributed by atoms with E-state index in [-0.39, 0.29) is 12.2 Å². The molecule has 2 aromatic carbocycles. The van der Waals surface area contributed by atoms with Gasteiger partial charge in [-0.3, -0.25) is 4.79 Å². The molecule has 0 fully saturated rings. The van der Waals surface area contributed by atoms with Gasteiger partial charge in [0.1, 0.15) is 5.75 Å². The summed E-state index contributed by atoms with van der Waals surface area (Å²) in [6.07, 6.45) is 1.57. The first-order valence-electron chi connectivity index (χ1n) is 8.26. The summed E-state index contributed by atoms with van der Waals surface area (Å²) in [4.78, 5) is 23.5. The van der Waals surface area contributed by atoms with Gasteiger partial charge in [0.15, 0.2) is 11.9 Å². The number of carbonyl (C=O) groups is 2. The molecule has 0 aliphatic heterocycles. The maximum absolute atomic E-state index is 12.3. The van der Waals surface area contributed by atoms with Crippen molar-refractivity contribution >= 4 is 23.4 Å². The van der Waals surface area contributed by atoms with E-state index >= 15 is 0 Å². The number of halogens is 1. The Balaban J connectivity index is 1.99. The lowest BCUT2D eigenvalue weighted by atomic mass is 10.0. The first-order chi connectivity index (χ1) is 12.0. The monoisotopic (exact) mass is 360 g/mol. The van der Waals surface area contributed by atoms with Crippen LogP contribution < -0.4 is 4.74 Å². The lowest BCUT2D eigenvalue weighted by Crippen LogP contribution is -2.26. The van der Waals surface area contributed by atoms with Gasteiger partial charge >= 0.3 is 5.97 Å². The number of Topliss-reactive ketones (excluding diaryl/α,β-unsaturated/α-hetero) is 1. The molecule has 0 aliphatic carbocycles. The highest BCUT2D eigenvalue weighted by molar-refractivity contribution is 6.30. The van der Waals surface area contributed by atoms with Gasteiger partial charge in [-0.05, 0) is 54.8 Å². The number of unbranched alkanes of at least 4 members (excludes halogenated alkanes) is 1. The van der Waals surface area contributed by atoms with Crippen LogP contribution in [0.5, 0.6) is 5.75 Å². The number of ketones is 1. The third kappa shape index (κ3) is 5.91. The maximum Gasteiger partial charge on any atom is 0.344 e. The molecule has 0 saturated carbocycles. The number of rotatable bonds is 9. The molecule has 2 rings (SSSR count).